The number of aliphatic hydroxyl groups excluding tert-OH is 1. The molecule has 0 bridgehead atoms. The first-order chi connectivity index (χ1) is 6.79. The predicted octanol–water partition coefficient (Wildman–Crippen LogP) is 1.71. The second-order valence-electron chi connectivity index (χ2n) is 2.91. The predicted molar refractivity (Wildman–Crippen MR) is 49.9 cm³/mol. The molecule has 0 aliphatic rings. The molecule has 2 aromatic rings. The van der Waals surface area contributed by atoms with E-state index in [-0.39, 0.29) is 12.4 Å². The molecule has 1 aromatic carbocycles. The maximum absolute atomic E-state index is 12.6. The maximum Gasteiger partial charge on any atom is 0.132 e. The van der Waals surface area contributed by atoms with Gasteiger partial charge >= 0.3 is 0 Å². The van der Waals surface area contributed by atoms with E-state index in [1.807, 2.05) is 0 Å². The van der Waals surface area contributed by atoms with Crippen molar-refractivity contribution in [3.8, 4) is 11.3 Å². The van der Waals surface area contributed by atoms with E-state index in [9.17, 15) is 4.39 Å². The lowest BCUT2D eigenvalue weighted by Crippen LogP contribution is -1.84. The standard InChI is InChI=1S/C10H9FN2O/c11-8-3-1-7(2-4-8)9-5-12-10(6-14)13-9/h1-5,14H,6H2,(H,12,13). The van der Waals surface area contributed by atoms with Crippen LogP contribution in [0.3, 0.4) is 0 Å². The molecule has 0 unspecified atom stereocenters. The van der Waals surface area contributed by atoms with Crippen LogP contribution in [0.1, 0.15) is 5.82 Å². The lowest BCUT2D eigenvalue weighted by molar-refractivity contribution is 0.272. The average molecular weight is 192 g/mol. The fourth-order valence-corrected chi connectivity index (χ4v) is 1.22. The minimum absolute atomic E-state index is 0.124. The fourth-order valence-electron chi connectivity index (χ4n) is 1.22. The van der Waals surface area contributed by atoms with Crippen molar-refractivity contribution < 1.29 is 9.50 Å². The molecule has 0 aliphatic carbocycles. The van der Waals surface area contributed by atoms with E-state index in [4.69, 9.17) is 5.11 Å². The molecule has 14 heavy (non-hydrogen) atoms. The lowest BCUT2D eigenvalue weighted by Gasteiger charge is -1.96. The van der Waals surface area contributed by atoms with E-state index >= 15 is 0 Å². The Morgan fingerprint density at radius 1 is 1.29 bits per heavy atom. The summed E-state index contributed by atoms with van der Waals surface area (Å²) in [4.78, 5) is 6.85. The van der Waals surface area contributed by atoms with Gasteiger partial charge in [0.2, 0.25) is 0 Å². The van der Waals surface area contributed by atoms with Gasteiger partial charge in [0.1, 0.15) is 18.2 Å². The molecule has 0 radical (unpaired) electrons. The van der Waals surface area contributed by atoms with Crippen LogP contribution in [-0.4, -0.2) is 15.1 Å². The zero-order valence-corrected chi connectivity index (χ0v) is 7.37. The summed E-state index contributed by atoms with van der Waals surface area (Å²) >= 11 is 0. The molecule has 1 heterocycles. The molecule has 2 rings (SSSR count). The van der Waals surface area contributed by atoms with Crippen molar-refractivity contribution in [3.63, 3.8) is 0 Å². The zero-order chi connectivity index (χ0) is 9.97. The number of nitrogens with zero attached hydrogens (tertiary/aromatic N) is 1. The van der Waals surface area contributed by atoms with Gasteiger partial charge in [-0.2, -0.15) is 0 Å². The molecule has 2 N–H and O–H groups in total. The molecule has 0 saturated heterocycles. The van der Waals surface area contributed by atoms with E-state index < -0.39 is 0 Å². The number of aromatic nitrogens is 2. The zero-order valence-electron chi connectivity index (χ0n) is 7.37. The van der Waals surface area contributed by atoms with Crippen molar-refractivity contribution in [2.45, 2.75) is 6.61 Å². The third-order valence-electron chi connectivity index (χ3n) is 1.93. The molecule has 0 amide bonds. The van der Waals surface area contributed by atoms with Crippen molar-refractivity contribution in [1.29, 1.82) is 0 Å². The second-order valence-corrected chi connectivity index (χ2v) is 2.91. The van der Waals surface area contributed by atoms with Crippen LogP contribution >= 0.6 is 0 Å². The minimum atomic E-state index is -0.268. The highest BCUT2D eigenvalue weighted by molar-refractivity contribution is 5.58. The Bertz CT molecular complexity index is 422. The average Bonchev–Trinajstić information content (AvgIpc) is 2.67. The number of hydrogen-bond acceptors (Lipinski definition) is 2. The monoisotopic (exact) mass is 192 g/mol. The van der Waals surface area contributed by atoms with Gasteiger partial charge in [-0.15, -0.1) is 0 Å². The smallest absolute Gasteiger partial charge is 0.132 e. The van der Waals surface area contributed by atoms with Gasteiger partial charge in [0, 0.05) is 0 Å². The molecule has 0 saturated carbocycles. The maximum atomic E-state index is 12.6. The summed E-state index contributed by atoms with van der Waals surface area (Å²) in [6, 6.07) is 6.08. The van der Waals surface area contributed by atoms with E-state index in [0.29, 0.717) is 5.82 Å². The summed E-state index contributed by atoms with van der Waals surface area (Å²) in [5.74, 6) is 0.236. The highest BCUT2D eigenvalue weighted by Crippen LogP contribution is 2.16. The first-order valence-corrected chi connectivity index (χ1v) is 4.20. The number of hydrogen-bond donors (Lipinski definition) is 2. The van der Waals surface area contributed by atoms with E-state index in [2.05, 4.69) is 9.97 Å². The highest BCUT2D eigenvalue weighted by atomic mass is 19.1. The SMILES string of the molecule is OCc1ncc(-c2ccc(F)cc2)[nH]1. The van der Waals surface area contributed by atoms with Gasteiger partial charge in [0.25, 0.3) is 0 Å². The molecule has 0 fully saturated rings. The normalized spacial score (nSPS) is 10.4. The Labute approximate surface area is 80.2 Å². The summed E-state index contributed by atoms with van der Waals surface area (Å²) in [7, 11) is 0. The van der Waals surface area contributed by atoms with Crippen LogP contribution in [0.25, 0.3) is 11.3 Å². The van der Waals surface area contributed by atoms with Crippen LogP contribution in [0.5, 0.6) is 0 Å². The van der Waals surface area contributed by atoms with Gasteiger partial charge in [-0.25, -0.2) is 9.37 Å². The first-order valence-electron chi connectivity index (χ1n) is 4.20. The summed E-state index contributed by atoms with van der Waals surface area (Å²) < 4.78 is 12.6. The van der Waals surface area contributed by atoms with Crippen molar-refractivity contribution >= 4 is 0 Å². The number of aromatic amines is 1. The van der Waals surface area contributed by atoms with Crippen molar-refractivity contribution in [2.24, 2.45) is 0 Å². The summed E-state index contributed by atoms with van der Waals surface area (Å²) in [5.41, 5.74) is 1.62. The molecule has 1 aromatic heterocycles. The topological polar surface area (TPSA) is 48.9 Å². The first kappa shape index (κ1) is 8.90. The number of halogens is 1. The molecule has 0 aliphatic heterocycles. The van der Waals surface area contributed by atoms with Crippen molar-refractivity contribution in [1.82, 2.24) is 9.97 Å². The van der Waals surface area contributed by atoms with Gasteiger partial charge in [-0.1, -0.05) is 0 Å². The highest BCUT2D eigenvalue weighted by Gasteiger charge is 2.01. The van der Waals surface area contributed by atoms with Gasteiger partial charge < -0.3 is 10.1 Å². The second kappa shape index (κ2) is 3.59. The number of benzene rings is 1. The molecular formula is C10H9FN2O. The quantitative estimate of drug-likeness (QED) is 0.760. The van der Waals surface area contributed by atoms with Crippen LogP contribution in [-0.2, 0) is 6.61 Å². The largest absolute Gasteiger partial charge is 0.388 e. The molecule has 4 heteroatoms. The Balaban J connectivity index is 2.34. The number of aliphatic hydroxyl groups is 1. The van der Waals surface area contributed by atoms with Crippen LogP contribution in [0.15, 0.2) is 30.5 Å². The number of nitrogens with one attached hydrogen (secondary N) is 1. The van der Waals surface area contributed by atoms with Gasteiger partial charge in [-0.05, 0) is 29.8 Å². The Morgan fingerprint density at radius 2 is 2.00 bits per heavy atom. The van der Waals surface area contributed by atoms with Crippen LogP contribution < -0.4 is 0 Å². The Morgan fingerprint density at radius 3 is 2.57 bits per heavy atom. The molecule has 0 spiro atoms. The van der Waals surface area contributed by atoms with Crippen LogP contribution in [0.4, 0.5) is 4.39 Å². The van der Waals surface area contributed by atoms with Crippen LogP contribution in [0, 0.1) is 5.82 Å². The number of imidazole rings is 1. The number of rotatable bonds is 2. The summed E-state index contributed by atoms with van der Waals surface area (Å²) in [5, 5.41) is 8.79. The summed E-state index contributed by atoms with van der Waals surface area (Å²) in [6.45, 7) is -0.124. The molecular weight excluding hydrogens is 183 g/mol. The van der Waals surface area contributed by atoms with Gasteiger partial charge in [0.15, 0.2) is 0 Å². The third-order valence-corrected chi connectivity index (χ3v) is 1.93. The molecule has 3 nitrogen and oxygen atoms in total. The lowest BCUT2D eigenvalue weighted by atomic mass is 10.2. The Kier molecular flexibility index (Phi) is 2.28. The van der Waals surface area contributed by atoms with Crippen molar-refractivity contribution in [3.05, 3.63) is 42.1 Å². The fraction of sp³-hybridized carbons (Fsp3) is 0.100. The minimum Gasteiger partial charge on any atom is -0.388 e. The molecule has 72 valence electrons. The van der Waals surface area contributed by atoms with E-state index in [1.54, 1.807) is 18.3 Å². The Hall–Kier alpha value is -1.68. The van der Waals surface area contributed by atoms with E-state index in [0.717, 1.165) is 11.3 Å². The van der Waals surface area contributed by atoms with Gasteiger partial charge in [-0.3, -0.25) is 0 Å². The third kappa shape index (κ3) is 1.65. The van der Waals surface area contributed by atoms with Crippen molar-refractivity contribution in [2.75, 3.05) is 0 Å². The molecule has 0 atom stereocenters. The van der Waals surface area contributed by atoms with Gasteiger partial charge in [0.05, 0.1) is 11.9 Å². The number of H-pyrrole nitrogens is 1. The van der Waals surface area contributed by atoms with Crippen LogP contribution in [0.2, 0.25) is 0 Å². The summed E-state index contributed by atoms with van der Waals surface area (Å²) in [6.07, 6.45) is 1.61. The van der Waals surface area contributed by atoms with E-state index in [1.165, 1.54) is 12.1 Å².